The molecule has 1 rings (SSSR count). The fourth-order valence-electron chi connectivity index (χ4n) is 1.78. The van der Waals surface area contributed by atoms with E-state index in [1.807, 2.05) is 0 Å². The molecule has 0 aromatic heterocycles. The molecule has 0 radical (unpaired) electrons. The molecule has 1 aromatic rings. The maximum absolute atomic E-state index is 12.0. The molecule has 0 unspecified atom stereocenters. The van der Waals surface area contributed by atoms with Crippen LogP contribution in [0.15, 0.2) is 24.3 Å². The van der Waals surface area contributed by atoms with Gasteiger partial charge in [0.1, 0.15) is 6.04 Å². The van der Waals surface area contributed by atoms with Crippen LogP contribution in [0.25, 0.3) is 0 Å². The SMILES string of the molecule is CCOC(=O)CC[C@H](NC(=O)c1ccc(NC)cc1)C(=O)O. The number of carboxylic acid groups (broad SMARTS) is 1. The topological polar surface area (TPSA) is 105 Å². The van der Waals surface area contributed by atoms with Crippen molar-refractivity contribution < 1.29 is 24.2 Å². The smallest absolute Gasteiger partial charge is 0.326 e. The minimum Gasteiger partial charge on any atom is -0.480 e. The van der Waals surface area contributed by atoms with Crippen LogP contribution in [0.4, 0.5) is 5.69 Å². The summed E-state index contributed by atoms with van der Waals surface area (Å²) in [6.45, 7) is 1.91. The summed E-state index contributed by atoms with van der Waals surface area (Å²) in [6, 6.07) is 5.46. The molecule has 3 N–H and O–H groups in total. The quantitative estimate of drug-likeness (QED) is 0.624. The average Bonchev–Trinajstić information content (AvgIpc) is 2.51. The Labute approximate surface area is 128 Å². The lowest BCUT2D eigenvalue weighted by atomic mass is 10.1. The number of carboxylic acids is 1. The maximum Gasteiger partial charge on any atom is 0.326 e. The Morgan fingerprint density at radius 2 is 1.86 bits per heavy atom. The standard InChI is InChI=1S/C15H20N2O5/c1-3-22-13(18)9-8-12(15(20)21)17-14(19)10-4-6-11(16-2)7-5-10/h4-7,12,16H,3,8-9H2,1-2H3,(H,17,19)(H,20,21)/t12-/m0/s1. The third-order valence-corrected chi connectivity index (χ3v) is 2.98. The van der Waals surface area contributed by atoms with Gasteiger partial charge >= 0.3 is 11.9 Å². The lowest BCUT2D eigenvalue weighted by Gasteiger charge is -2.14. The second kappa shape index (κ2) is 8.66. The predicted octanol–water partition coefficient (Wildman–Crippen LogP) is 1.25. The third kappa shape index (κ3) is 5.43. The summed E-state index contributed by atoms with van der Waals surface area (Å²) >= 11 is 0. The molecule has 1 atom stereocenters. The van der Waals surface area contributed by atoms with Gasteiger partial charge in [-0.05, 0) is 37.6 Å². The van der Waals surface area contributed by atoms with Crippen LogP contribution >= 0.6 is 0 Å². The van der Waals surface area contributed by atoms with Gasteiger partial charge in [-0.2, -0.15) is 0 Å². The van der Waals surface area contributed by atoms with Gasteiger partial charge in [0, 0.05) is 24.7 Å². The summed E-state index contributed by atoms with van der Waals surface area (Å²) in [7, 11) is 1.75. The zero-order chi connectivity index (χ0) is 16.5. The van der Waals surface area contributed by atoms with Crippen molar-refractivity contribution in [3.63, 3.8) is 0 Å². The van der Waals surface area contributed by atoms with E-state index in [1.54, 1.807) is 38.2 Å². The first-order chi connectivity index (χ1) is 10.5. The zero-order valence-electron chi connectivity index (χ0n) is 12.6. The van der Waals surface area contributed by atoms with Crippen molar-refractivity contribution in [2.45, 2.75) is 25.8 Å². The number of ether oxygens (including phenoxy) is 1. The minimum atomic E-state index is -1.19. The first kappa shape index (κ1) is 17.5. The van der Waals surface area contributed by atoms with Gasteiger partial charge in [-0.25, -0.2) is 4.79 Å². The number of hydrogen-bond donors (Lipinski definition) is 3. The van der Waals surface area contributed by atoms with Crippen molar-refractivity contribution in [1.29, 1.82) is 0 Å². The van der Waals surface area contributed by atoms with E-state index in [-0.39, 0.29) is 19.4 Å². The Morgan fingerprint density at radius 3 is 2.36 bits per heavy atom. The highest BCUT2D eigenvalue weighted by Gasteiger charge is 2.22. The average molecular weight is 308 g/mol. The Kier molecular flexibility index (Phi) is 6.88. The highest BCUT2D eigenvalue weighted by molar-refractivity contribution is 5.96. The van der Waals surface area contributed by atoms with Gasteiger partial charge in [0.25, 0.3) is 5.91 Å². The van der Waals surface area contributed by atoms with Gasteiger partial charge in [-0.15, -0.1) is 0 Å². The van der Waals surface area contributed by atoms with Gasteiger partial charge < -0.3 is 20.5 Å². The second-order valence-electron chi connectivity index (χ2n) is 4.54. The van der Waals surface area contributed by atoms with Crippen LogP contribution in [-0.2, 0) is 14.3 Å². The van der Waals surface area contributed by atoms with Gasteiger partial charge in [0.15, 0.2) is 0 Å². The van der Waals surface area contributed by atoms with Crippen molar-refractivity contribution in [3.05, 3.63) is 29.8 Å². The number of benzene rings is 1. The monoisotopic (exact) mass is 308 g/mol. The molecule has 0 saturated heterocycles. The van der Waals surface area contributed by atoms with Crippen molar-refractivity contribution in [1.82, 2.24) is 5.32 Å². The lowest BCUT2D eigenvalue weighted by Crippen LogP contribution is -2.41. The van der Waals surface area contributed by atoms with Crippen LogP contribution in [0.2, 0.25) is 0 Å². The number of nitrogens with one attached hydrogen (secondary N) is 2. The van der Waals surface area contributed by atoms with Crippen molar-refractivity contribution >= 4 is 23.5 Å². The number of carbonyl (C=O) groups excluding carboxylic acids is 2. The van der Waals surface area contributed by atoms with Crippen LogP contribution in [-0.4, -0.2) is 42.6 Å². The molecule has 1 aromatic carbocycles. The fraction of sp³-hybridized carbons (Fsp3) is 0.400. The molecule has 120 valence electrons. The highest BCUT2D eigenvalue weighted by atomic mass is 16.5. The first-order valence-corrected chi connectivity index (χ1v) is 6.95. The van der Waals surface area contributed by atoms with Gasteiger partial charge in [-0.1, -0.05) is 0 Å². The molecule has 7 nitrogen and oxygen atoms in total. The van der Waals surface area contributed by atoms with Crippen molar-refractivity contribution in [3.8, 4) is 0 Å². The zero-order valence-corrected chi connectivity index (χ0v) is 12.6. The summed E-state index contributed by atoms with van der Waals surface area (Å²) in [5.41, 5.74) is 1.19. The third-order valence-electron chi connectivity index (χ3n) is 2.98. The van der Waals surface area contributed by atoms with Gasteiger partial charge in [0.05, 0.1) is 6.61 Å². The normalized spacial score (nSPS) is 11.4. The van der Waals surface area contributed by atoms with Crippen molar-refractivity contribution in [2.75, 3.05) is 19.0 Å². The van der Waals surface area contributed by atoms with E-state index in [0.717, 1.165) is 5.69 Å². The number of amides is 1. The summed E-state index contributed by atoms with van der Waals surface area (Å²) in [4.78, 5) is 34.4. The molecule has 0 aliphatic rings. The van der Waals surface area contributed by atoms with Crippen LogP contribution in [0.5, 0.6) is 0 Å². The number of rotatable bonds is 8. The molecular formula is C15H20N2O5. The molecule has 0 aliphatic heterocycles. The molecule has 7 heteroatoms. The van der Waals surface area contributed by atoms with Crippen LogP contribution < -0.4 is 10.6 Å². The van der Waals surface area contributed by atoms with Crippen LogP contribution in [0, 0.1) is 0 Å². The molecule has 0 spiro atoms. The Bertz CT molecular complexity index is 527. The number of aliphatic carboxylic acids is 1. The molecule has 0 saturated carbocycles. The molecule has 0 fully saturated rings. The first-order valence-electron chi connectivity index (χ1n) is 6.95. The highest BCUT2D eigenvalue weighted by Crippen LogP contribution is 2.09. The van der Waals surface area contributed by atoms with E-state index >= 15 is 0 Å². The summed E-state index contributed by atoms with van der Waals surface area (Å²) in [6.07, 6.45) is -0.0850. The molecule has 0 bridgehead atoms. The second-order valence-corrected chi connectivity index (χ2v) is 4.54. The lowest BCUT2D eigenvalue weighted by molar-refractivity contribution is -0.144. The molecule has 0 heterocycles. The number of esters is 1. The van der Waals surface area contributed by atoms with E-state index in [1.165, 1.54) is 0 Å². The summed E-state index contributed by atoms with van der Waals surface area (Å²) in [5.74, 6) is -2.18. The van der Waals surface area contributed by atoms with E-state index in [4.69, 9.17) is 9.84 Å². The minimum absolute atomic E-state index is 0.0193. The van der Waals surface area contributed by atoms with E-state index < -0.39 is 23.9 Å². The number of hydrogen-bond acceptors (Lipinski definition) is 5. The Hall–Kier alpha value is -2.57. The molecule has 0 aliphatic carbocycles. The Balaban J connectivity index is 2.63. The van der Waals surface area contributed by atoms with Crippen molar-refractivity contribution in [2.24, 2.45) is 0 Å². The molecular weight excluding hydrogens is 288 g/mol. The van der Waals surface area contributed by atoms with Gasteiger partial charge in [-0.3, -0.25) is 9.59 Å². The van der Waals surface area contributed by atoms with Crippen LogP contribution in [0.3, 0.4) is 0 Å². The maximum atomic E-state index is 12.0. The van der Waals surface area contributed by atoms with Gasteiger partial charge in [0.2, 0.25) is 0 Å². The number of anilines is 1. The number of carbonyl (C=O) groups is 3. The predicted molar refractivity (Wildman–Crippen MR) is 80.7 cm³/mol. The Morgan fingerprint density at radius 1 is 1.23 bits per heavy atom. The van der Waals surface area contributed by atoms with E-state index in [2.05, 4.69) is 10.6 Å². The fourth-order valence-corrected chi connectivity index (χ4v) is 1.78. The largest absolute Gasteiger partial charge is 0.480 e. The van der Waals surface area contributed by atoms with E-state index in [0.29, 0.717) is 5.56 Å². The molecule has 22 heavy (non-hydrogen) atoms. The van der Waals surface area contributed by atoms with E-state index in [9.17, 15) is 14.4 Å². The summed E-state index contributed by atoms with van der Waals surface area (Å²) < 4.78 is 4.74. The summed E-state index contributed by atoms with van der Waals surface area (Å²) in [5, 5.41) is 14.4. The molecule has 1 amide bonds. The van der Waals surface area contributed by atoms with Crippen LogP contribution in [0.1, 0.15) is 30.1 Å².